The van der Waals surface area contributed by atoms with E-state index >= 15 is 0 Å². The number of rotatable bonds is 2. The van der Waals surface area contributed by atoms with Crippen LogP contribution in [0.4, 0.5) is 12.9 Å². The van der Waals surface area contributed by atoms with Crippen LogP contribution in [0.25, 0.3) is 0 Å². The van der Waals surface area contributed by atoms with Gasteiger partial charge in [-0.3, -0.25) is 0 Å². The third kappa shape index (κ3) is 3.47. The number of phenols is 1. The minimum absolute atomic E-state index is 0. The van der Waals surface area contributed by atoms with E-state index in [1.165, 1.54) is 7.11 Å². The molecule has 0 saturated carbocycles. The average Bonchev–Trinajstić information content (AvgIpc) is 2.03. The second-order valence-electron chi connectivity index (χ2n) is 2.51. The molecular weight excluding hydrogens is 223 g/mol. The normalized spacial score (nSPS) is 10.6. The van der Waals surface area contributed by atoms with Gasteiger partial charge in [0.05, 0.1) is 7.11 Å². The van der Waals surface area contributed by atoms with Crippen LogP contribution in [0.1, 0.15) is 0 Å². The maximum absolute atomic E-state index is 12.2. The molecule has 1 rings (SSSR count). The number of ether oxygens (including phenoxy) is 1. The van der Waals surface area contributed by atoms with Crippen molar-refractivity contribution in [1.82, 2.24) is 0 Å². The third-order valence-corrected chi connectivity index (χ3v) is 1.58. The fraction of sp³-hybridized carbons (Fsp3) is 0.143. The van der Waals surface area contributed by atoms with E-state index in [1.807, 2.05) is 0 Å². The van der Waals surface area contributed by atoms with E-state index in [0.717, 1.165) is 18.2 Å². The molecule has 0 amide bonds. The molecule has 0 saturated heterocycles. The molecule has 0 unspecified atom stereocenters. The predicted octanol–water partition coefficient (Wildman–Crippen LogP) is -1.54. The Hall–Kier alpha value is 0.311. The molecule has 1 aromatic rings. The van der Waals surface area contributed by atoms with Gasteiger partial charge in [0.2, 0.25) is 0 Å². The van der Waals surface area contributed by atoms with Crippen LogP contribution < -0.4 is 61.6 Å². The van der Waals surface area contributed by atoms with E-state index in [4.69, 9.17) is 5.11 Å². The van der Waals surface area contributed by atoms with Crippen molar-refractivity contribution >= 4 is 12.4 Å². The first kappa shape index (κ1) is 14.3. The number of hydrogen-bond donors (Lipinski definition) is 1. The summed E-state index contributed by atoms with van der Waals surface area (Å²) < 4.78 is 41.0. The summed E-state index contributed by atoms with van der Waals surface area (Å²) in [7, 11) is 1.20. The molecule has 72 valence electrons. The molecule has 0 atom stereocenters. The number of hydrogen-bond acceptors (Lipinski definition) is 2. The number of methoxy groups -OCH3 is 1. The molecule has 0 aliphatic heterocycles. The zero-order valence-corrected chi connectivity index (χ0v) is 10.9. The van der Waals surface area contributed by atoms with Crippen molar-refractivity contribution in [1.29, 1.82) is 0 Å². The van der Waals surface area contributed by atoms with E-state index in [0.29, 0.717) is 0 Å². The van der Waals surface area contributed by atoms with Crippen LogP contribution in [0.2, 0.25) is 0 Å². The number of aromatic hydroxyl groups is 1. The van der Waals surface area contributed by atoms with Gasteiger partial charge < -0.3 is 22.8 Å². The van der Waals surface area contributed by atoms with Crippen molar-refractivity contribution in [3.8, 4) is 11.5 Å². The predicted molar refractivity (Wildman–Crippen MR) is 43.4 cm³/mol. The SMILES string of the molecule is COc1cc([B-](F)(F)F)ccc1O.[K+]. The topological polar surface area (TPSA) is 29.5 Å². The van der Waals surface area contributed by atoms with E-state index in [-0.39, 0.29) is 62.9 Å². The first-order valence-electron chi connectivity index (χ1n) is 3.52. The summed E-state index contributed by atoms with van der Waals surface area (Å²) in [6.07, 6.45) is 0. The smallest absolute Gasteiger partial charge is 0.504 e. The number of phenolic OH excluding ortho intramolecular Hbond substituents is 1. The molecule has 0 aliphatic carbocycles. The first-order chi connectivity index (χ1) is 5.95. The summed E-state index contributed by atoms with van der Waals surface area (Å²) in [5.74, 6) is -0.469. The fourth-order valence-corrected chi connectivity index (χ4v) is 0.898. The Morgan fingerprint density at radius 3 is 2.29 bits per heavy atom. The van der Waals surface area contributed by atoms with Crippen molar-refractivity contribution in [2.75, 3.05) is 7.11 Å². The number of halogens is 3. The molecule has 0 fully saturated rings. The zero-order valence-electron chi connectivity index (χ0n) is 7.80. The van der Waals surface area contributed by atoms with Gasteiger partial charge in [-0.05, 0) is 12.1 Å². The molecule has 14 heavy (non-hydrogen) atoms. The van der Waals surface area contributed by atoms with Crippen LogP contribution >= 0.6 is 0 Å². The third-order valence-electron chi connectivity index (χ3n) is 1.58. The Kier molecular flexibility index (Phi) is 5.53. The van der Waals surface area contributed by atoms with Gasteiger partial charge in [0.25, 0.3) is 0 Å². The summed E-state index contributed by atoms with van der Waals surface area (Å²) in [5.41, 5.74) is -0.783. The Morgan fingerprint density at radius 2 is 1.86 bits per heavy atom. The van der Waals surface area contributed by atoms with Gasteiger partial charge in [-0.15, -0.1) is 5.46 Å². The van der Waals surface area contributed by atoms with Gasteiger partial charge in [0.1, 0.15) is 0 Å². The number of benzene rings is 1. The Labute approximate surface area is 122 Å². The average molecular weight is 230 g/mol. The maximum atomic E-state index is 12.2. The Morgan fingerprint density at radius 1 is 1.29 bits per heavy atom. The molecule has 7 heteroatoms. The van der Waals surface area contributed by atoms with Gasteiger partial charge in [-0.25, -0.2) is 0 Å². The standard InChI is InChI=1S/C7H7BF3O2.K/c1-13-7-4-5(8(9,10)11)2-3-6(7)12;/h2-4,12H,1H3;/q-1;+1. The minimum Gasteiger partial charge on any atom is -0.504 e. The Bertz CT molecular complexity index is 316. The first-order valence-corrected chi connectivity index (χ1v) is 3.52. The molecule has 1 aromatic carbocycles. The van der Waals surface area contributed by atoms with Crippen molar-refractivity contribution < 1.29 is 74.2 Å². The van der Waals surface area contributed by atoms with Crippen LogP contribution in [-0.4, -0.2) is 19.2 Å². The molecule has 0 aromatic heterocycles. The summed E-state index contributed by atoms with van der Waals surface area (Å²) in [4.78, 5) is 0. The Balaban J connectivity index is 0.00000169. The van der Waals surface area contributed by atoms with Gasteiger partial charge in [0, 0.05) is 0 Å². The maximum Gasteiger partial charge on any atom is 1.00 e. The van der Waals surface area contributed by atoms with Gasteiger partial charge in [-0.1, -0.05) is 6.07 Å². The van der Waals surface area contributed by atoms with Crippen molar-refractivity contribution in [3.05, 3.63) is 18.2 Å². The fourth-order valence-electron chi connectivity index (χ4n) is 0.898. The molecule has 0 aliphatic rings. The van der Waals surface area contributed by atoms with Gasteiger partial charge in [0.15, 0.2) is 11.5 Å². The van der Waals surface area contributed by atoms with Crippen molar-refractivity contribution in [2.24, 2.45) is 0 Å². The van der Waals surface area contributed by atoms with Gasteiger partial charge in [-0.2, -0.15) is 0 Å². The van der Waals surface area contributed by atoms with Crippen molar-refractivity contribution in [3.63, 3.8) is 0 Å². The van der Waals surface area contributed by atoms with Gasteiger partial charge >= 0.3 is 58.4 Å². The largest absolute Gasteiger partial charge is 1.00 e. The summed E-state index contributed by atoms with van der Waals surface area (Å²) in [5, 5.41) is 9.02. The van der Waals surface area contributed by atoms with Crippen LogP contribution in [0.5, 0.6) is 11.5 Å². The van der Waals surface area contributed by atoms with Crippen molar-refractivity contribution in [2.45, 2.75) is 0 Å². The van der Waals surface area contributed by atoms with Crippen LogP contribution in [-0.2, 0) is 0 Å². The molecular formula is C7H7BF3KO2. The molecule has 1 N–H and O–H groups in total. The van der Waals surface area contributed by atoms with Crippen LogP contribution in [0.15, 0.2) is 18.2 Å². The molecule has 0 spiro atoms. The summed E-state index contributed by atoms with van der Waals surface area (Å²) in [6, 6.07) is 2.55. The van der Waals surface area contributed by atoms with E-state index < -0.39 is 12.4 Å². The van der Waals surface area contributed by atoms with E-state index in [1.54, 1.807) is 0 Å². The zero-order chi connectivity index (χ0) is 10.1. The molecule has 2 nitrogen and oxygen atoms in total. The quantitative estimate of drug-likeness (QED) is 0.624. The molecule has 0 bridgehead atoms. The minimum atomic E-state index is -5.04. The van der Waals surface area contributed by atoms with Crippen LogP contribution in [0, 0.1) is 0 Å². The van der Waals surface area contributed by atoms with E-state index in [2.05, 4.69) is 4.74 Å². The van der Waals surface area contributed by atoms with E-state index in [9.17, 15) is 12.9 Å². The summed E-state index contributed by atoms with van der Waals surface area (Å²) in [6.45, 7) is -5.04. The molecule has 0 radical (unpaired) electrons. The summed E-state index contributed by atoms with van der Waals surface area (Å²) >= 11 is 0. The van der Waals surface area contributed by atoms with Crippen LogP contribution in [0.3, 0.4) is 0 Å². The second kappa shape index (κ2) is 5.41. The second-order valence-corrected chi connectivity index (χ2v) is 2.51. The monoisotopic (exact) mass is 230 g/mol. The molecule has 0 heterocycles.